The third-order valence-corrected chi connectivity index (χ3v) is 1.72. The molecule has 0 amide bonds. The Balaban J connectivity index is 0. The van der Waals surface area contributed by atoms with Gasteiger partial charge in [0, 0.05) is 19.5 Å². The van der Waals surface area contributed by atoms with E-state index in [9.17, 15) is 4.79 Å². The molecule has 0 aromatic heterocycles. The van der Waals surface area contributed by atoms with Gasteiger partial charge in [-0.3, -0.25) is 0 Å². The molecule has 0 rings (SSSR count). The largest absolute Gasteiger partial charge is 0.477 e. The summed E-state index contributed by atoms with van der Waals surface area (Å²) in [6.45, 7) is 7.33. The van der Waals surface area contributed by atoms with E-state index < -0.39 is 5.97 Å². The first-order valence-electron chi connectivity index (χ1n) is 4.73. The van der Waals surface area contributed by atoms with Crippen LogP contribution in [-0.2, 0) is 4.79 Å². The number of allylic oxidation sites excluding steroid dienone is 1. The first-order valence-corrected chi connectivity index (χ1v) is 5.49. The van der Waals surface area contributed by atoms with Gasteiger partial charge in [0.25, 0.3) is 0 Å². The highest BCUT2D eigenvalue weighted by Gasteiger charge is 2.11. The second kappa shape index (κ2) is 10.4. The number of likely N-dealkylation sites (N-methyl/N-ethyl adjacent to an activating group) is 1. The van der Waals surface area contributed by atoms with Gasteiger partial charge in [0.05, 0.1) is 0 Å². The highest BCUT2D eigenvalue weighted by atomic mass is 35.5. The minimum absolute atomic E-state index is 0.419. The Morgan fingerprint density at radius 2 is 1.71 bits per heavy atom. The number of hydrogen-bond acceptors (Lipinski definition) is 2. The maximum atomic E-state index is 10.7. The average molecular weight is 222 g/mol. The summed E-state index contributed by atoms with van der Waals surface area (Å²) in [5.41, 5.74) is 0.419. The van der Waals surface area contributed by atoms with Gasteiger partial charge in [-0.15, -0.1) is 11.6 Å². The van der Waals surface area contributed by atoms with E-state index >= 15 is 0 Å². The lowest BCUT2D eigenvalue weighted by molar-refractivity contribution is -0.134. The van der Waals surface area contributed by atoms with Gasteiger partial charge in [-0.25, -0.2) is 4.79 Å². The lowest BCUT2D eigenvalue weighted by atomic mass is 10.3. The van der Waals surface area contributed by atoms with Gasteiger partial charge in [0.1, 0.15) is 5.70 Å². The minimum Gasteiger partial charge on any atom is -0.477 e. The highest BCUT2D eigenvalue weighted by Crippen LogP contribution is 2.04. The quantitative estimate of drug-likeness (QED) is 0.573. The van der Waals surface area contributed by atoms with Crippen molar-refractivity contribution in [1.29, 1.82) is 0 Å². The maximum Gasteiger partial charge on any atom is 0.351 e. The first-order chi connectivity index (χ1) is 6.67. The lowest BCUT2D eigenvalue weighted by Crippen LogP contribution is -2.27. The number of aliphatic carboxylic acids is 1. The normalized spacial score (nSPS) is 10.2. The number of carbonyl (C=O) groups is 1. The molecule has 0 unspecified atom stereocenters. The Labute approximate surface area is 91.4 Å². The van der Waals surface area contributed by atoms with E-state index in [0.29, 0.717) is 5.70 Å². The molecule has 0 heterocycles. The van der Waals surface area contributed by atoms with E-state index in [2.05, 4.69) is 11.6 Å². The number of rotatable bonds is 5. The molecule has 4 heteroatoms. The van der Waals surface area contributed by atoms with Crippen LogP contribution in [-0.4, -0.2) is 35.4 Å². The van der Waals surface area contributed by atoms with E-state index in [1.165, 1.54) is 6.38 Å². The SMILES string of the molecule is CC/C=C(\C(=O)O)N(CC)CC.CCl. The molecule has 0 saturated heterocycles. The third kappa shape index (κ3) is 5.86. The molecule has 0 saturated carbocycles. The average Bonchev–Trinajstić information content (AvgIpc) is 2.21. The van der Waals surface area contributed by atoms with Crippen LogP contribution < -0.4 is 0 Å². The Morgan fingerprint density at radius 3 is 1.93 bits per heavy atom. The van der Waals surface area contributed by atoms with Crippen molar-refractivity contribution in [1.82, 2.24) is 4.90 Å². The Bertz CT molecular complexity index is 177. The summed E-state index contributed by atoms with van der Waals surface area (Å²) < 4.78 is 0. The second-order valence-corrected chi connectivity index (χ2v) is 2.48. The van der Waals surface area contributed by atoms with Crippen LogP contribution in [0.4, 0.5) is 0 Å². The zero-order chi connectivity index (χ0) is 11.6. The van der Waals surface area contributed by atoms with E-state index in [4.69, 9.17) is 5.11 Å². The van der Waals surface area contributed by atoms with Crippen LogP contribution in [0.5, 0.6) is 0 Å². The van der Waals surface area contributed by atoms with Crippen molar-refractivity contribution in [3.63, 3.8) is 0 Å². The number of carboxylic acids is 1. The third-order valence-electron chi connectivity index (χ3n) is 1.72. The van der Waals surface area contributed by atoms with Crippen molar-refractivity contribution in [2.45, 2.75) is 27.2 Å². The predicted octanol–water partition coefficient (Wildman–Crippen LogP) is 2.56. The van der Waals surface area contributed by atoms with Crippen molar-refractivity contribution >= 4 is 17.6 Å². The van der Waals surface area contributed by atoms with Gasteiger partial charge in [-0.1, -0.05) is 13.0 Å². The van der Waals surface area contributed by atoms with Crippen LogP contribution in [0.25, 0.3) is 0 Å². The fraction of sp³-hybridized carbons (Fsp3) is 0.700. The zero-order valence-electron chi connectivity index (χ0n) is 9.38. The van der Waals surface area contributed by atoms with Gasteiger partial charge in [0.2, 0.25) is 0 Å². The summed E-state index contributed by atoms with van der Waals surface area (Å²) in [6.07, 6.45) is 3.98. The van der Waals surface area contributed by atoms with E-state index in [-0.39, 0.29) is 0 Å². The molecule has 0 aromatic rings. The minimum atomic E-state index is -0.833. The van der Waals surface area contributed by atoms with Gasteiger partial charge in [0.15, 0.2) is 0 Å². The molecular formula is C10H20ClNO2. The van der Waals surface area contributed by atoms with Crippen LogP contribution in [0.3, 0.4) is 0 Å². The van der Waals surface area contributed by atoms with Crippen LogP contribution in [0.15, 0.2) is 11.8 Å². The maximum absolute atomic E-state index is 10.7. The van der Waals surface area contributed by atoms with E-state index in [0.717, 1.165) is 19.5 Å². The molecule has 0 fully saturated rings. The number of carboxylic acid groups (broad SMARTS) is 1. The van der Waals surface area contributed by atoms with E-state index in [1.807, 2.05) is 25.7 Å². The molecule has 0 aromatic carbocycles. The Morgan fingerprint density at radius 1 is 1.29 bits per heavy atom. The monoisotopic (exact) mass is 221 g/mol. The second-order valence-electron chi connectivity index (χ2n) is 2.48. The molecule has 0 aliphatic rings. The number of nitrogens with zero attached hydrogens (tertiary/aromatic N) is 1. The molecule has 0 atom stereocenters. The Kier molecular flexibility index (Phi) is 11.7. The summed E-state index contributed by atoms with van der Waals surface area (Å²) in [7, 11) is 0. The molecule has 14 heavy (non-hydrogen) atoms. The molecule has 0 spiro atoms. The van der Waals surface area contributed by atoms with Crippen LogP contribution >= 0.6 is 11.6 Å². The fourth-order valence-corrected chi connectivity index (χ4v) is 1.11. The summed E-state index contributed by atoms with van der Waals surface area (Å²) in [6, 6.07) is 0. The van der Waals surface area contributed by atoms with Gasteiger partial charge in [-0.05, 0) is 20.3 Å². The van der Waals surface area contributed by atoms with Gasteiger partial charge >= 0.3 is 5.97 Å². The van der Waals surface area contributed by atoms with Crippen molar-refractivity contribution in [3.8, 4) is 0 Å². The Hall–Kier alpha value is -0.700. The van der Waals surface area contributed by atoms with Crippen molar-refractivity contribution < 1.29 is 9.90 Å². The standard InChI is InChI=1S/C9H17NO2.CH3Cl/c1-4-7-8(9(11)12)10(5-2)6-3;1-2/h7H,4-6H2,1-3H3,(H,11,12);1H3/b8-7+;. The van der Waals surface area contributed by atoms with Crippen molar-refractivity contribution in [3.05, 3.63) is 11.8 Å². The molecule has 1 N–H and O–H groups in total. The fourth-order valence-electron chi connectivity index (χ4n) is 1.11. The smallest absolute Gasteiger partial charge is 0.351 e. The summed E-state index contributed by atoms with van der Waals surface area (Å²) >= 11 is 4.64. The van der Waals surface area contributed by atoms with E-state index in [1.54, 1.807) is 6.08 Å². The molecule has 3 nitrogen and oxygen atoms in total. The number of alkyl halides is 1. The van der Waals surface area contributed by atoms with Gasteiger partial charge < -0.3 is 10.0 Å². The summed E-state index contributed by atoms with van der Waals surface area (Å²) in [5.74, 6) is -0.833. The molecule has 0 radical (unpaired) electrons. The molecule has 0 bridgehead atoms. The van der Waals surface area contributed by atoms with Gasteiger partial charge in [-0.2, -0.15) is 0 Å². The van der Waals surface area contributed by atoms with Crippen LogP contribution in [0, 0.1) is 0 Å². The number of halogens is 1. The van der Waals surface area contributed by atoms with Crippen LogP contribution in [0.2, 0.25) is 0 Å². The topological polar surface area (TPSA) is 40.5 Å². The summed E-state index contributed by atoms with van der Waals surface area (Å²) in [5, 5.41) is 8.83. The molecule has 84 valence electrons. The zero-order valence-corrected chi connectivity index (χ0v) is 10.1. The lowest BCUT2D eigenvalue weighted by Gasteiger charge is -2.20. The van der Waals surface area contributed by atoms with Crippen molar-refractivity contribution in [2.24, 2.45) is 0 Å². The summed E-state index contributed by atoms with van der Waals surface area (Å²) in [4.78, 5) is 12.6. The highest BCUT2D eigenvalue weighted by molar-refractivity contribution is 6.15. The predicted molar refractivity (Wildman–Crippen MR) is 60.7 cm³/mol. The molecule has 0 aliphatic heterocycles. The van der Waals surface area contributed by atoms with Crippen LogP contribution in [0.1, 0.15) is 27.2 Å². The molecule has 0 aliphatic carbocycles. The first kappa shape index (κ1) is 15.8. The van der Waals surface area contributed by atoms with Crippen molar-refractivity contribution in [2.75, 3.05) is 19.5 Å². The molecular weight excluding hydrogens is 202 g/mol. The number of hydrogen-bond donors (Lipinski definition) is 1.